The van der Waals surface area contributed by atoms with Gasteiger partial charge in [0.05, 0.1) is 7.11 Å². The Morgan fingerprint density at radius 3 is 2.45 bits per heavy atom. The lowest BCUT2D eigenvalue weighted by atomic mass is 10.0. The van der Waals surface area contributed by atoms with Crippen molar-refractivity contribution in [1.29, 1.82) is 0 Å². The van der Waals surface area contributed by atoms with Crippen LogP contribution in [0.3, 0.4) is 0 Å². The van der Waals surface area contributed by atoms with Crippen molar-refractivity contribution in [3.05, 3.63) is 95.1 Å². The third kappa shape index (κ3) is 5.46. The molecule has 0 saturated heterocycles. The van der Waals surface area contributed by atoms with Crippen molar-refractivity contribution >= 4 is 11.6 Å². The number of hydrogen-bond acceptors (Lipinski definition) is 3. The molecule has 0 aliphatic heterocycles. The number of nitrogens with one attached hydrogen (secondary N) is 2. The van der Waals surface area contributed by atoms with Crippen molar-refractivity contribution in [2.24, 2.45) is 0 Å². The van der Waals surface area contributed by atoms with Crippen LogP contribution in [0.2, 0.25) is 0 Å². The van der Waals surface area contributed by atoms with Gasteiger partial charge in [0.25, 0.3) is 0 Å². The van der Waals surface area contributed by atoms with Crippen molar-refractivity contribution < 1.29 is 9.53 Å². The minimum Gasteiger partial charge on any atom is -0.496 e. The molecule has 3 aromatic rings. The van der Waals surface area contributed by atoms with Gasteiger partial charge in [-0.15, -0.1) is 0 Å². The highest BCUT2D eigenvalue weighted by molar-refractivity contribution is 5.96. The molecule has 1 amide bonds. The molecule has 1 atom stereocenters. The van der Waals surface area contributed by atoms with Crippen LogP contribution in [0.15, 0.2) is 72.8 Å². The van der Waals surface area contributed by atoms with Gasteiger partial charge in [-0.1, -0.05) is 60.7 Å². The molecule has 0 spiro atoms. The summed E-state index contributed by atoms with van der Waals surface area (Å²) in [7, 11) is 1.68. The first kappa shape index (κ1) is 20.6. The fraction of sp³-hybridized carbons (Fsp3) is 0.240. The van der Waals surface area contributed by atoms with Crippen LogP contribution in [-0.4, -0.2) is 19.6 Å². The monoisotopic (exact) mass is 388 g/mol. The van der Waals surface area contributed by atoms with Crippen LogP contribution in [0.25, 0.3) is 0 Å². The molecule has 0 unspecified atom stereocenters. The summed E-state index contributed by atoms with van der Waals surface area (Å²) < 4.78 is 5.43. The summed E-state index contributed by atoms with van der Waals surface area (Å²) >= 11 is 0. The number of rotatable bonds is 8. The number of ether oxygens (including phenoxy) is 1. The largest absolute Gasteiger partial charge is 0.496 e. The highest BCUT2D eigenvalue weighted by Crippen LogP contribution is 2.21. The Bertz CT molecular complexity index is 954. The van der Waals surface area contributed by atoms with Gasteiger partial charge in [0, 0.05) is 12.2 Å². The molecule has 29 heavy (non-hydrogen) atoms. The summed E-state index contributed by atoms with van der Waals surface area (Å²) in [4.78, 5) is 13.1. The van der Waals surface area contributed by atoms with E-state index in [0.717, 1.165) is 40.1 Å². The molecular weight excluding hydrogens is 360 g/mol. The zero-order valence-electron chi connectivity index (χ0n) is 17.2. The summed E-state index contributed by atoms with van der Waals surface area (Å²) in [5.41, 5.74) is 5.07. The van der Waals surface area contributed by atoms with E-state index in [9.17, 15) is 4.79 Å². The molecule has 0 fully saturated rings. The maximum absolute atomic E-state index is 13.1. The number of methoxy groups -OCH3 is 1. The predicted octanol–water partition coefficient (Wildman–Crippen LogP) is 4.82. The molecule has 0 bridgehead atoms. The molecule has 3 aromatic carbocycles. The van der Waals surface area contributed by atoms with E-state index < -0.39 is 6.04 Å². The van der Waals surface area contributed by atoms with Crippen molar-refractivity contribution in [3.63, 3.8) is 0 Å². The summed E-state index contributed by atoms with van der Waals surface area (Å²) in [5, 5.41) is 6.52. The van der Waals surface area contributed by atoms with E-state index in [-0.39, 0.29) is 5.91 Å². The molecular formula is C25H28N2O2. The normalized spacial score (nSPS) is 11.7. The van der Waals surface area contributed by atoms with Crippen molar-refractivity contribution in [1.82, 2.24) is 5.32 Å². The van der Waals surface area contributed by atoms with Crippen LogP contribution < -0.4 is 15.4 Å². The number of para-hydroxylation sites is 1. The Morgan fingerprint density at radius 2 is 1.69 bits per heavy atom. The number of aryl methyl sites for hydroxylation is 2. The van der Waals surface area contributed by atoms with Crippen LogP contribution in [0.4, 0.5) is 5.69 Å². The van der Waals surface area contributed by atoms with Gasteiger partial charge in [-0.05, 0) is 54.7 Å². The van der Waals surface area contributed by atoms with E-state index in [0.29, 0.717) is 6.54 Å². The lowest BCUT2D eigenvalue weighted by Gasteiger charge is -2.20. The molecule has 4 heteroatoms. The minimum atomic E-state index is -0.439. The van der Waals surface area contributed by atoms with Gasteiger partial charge in [0.15, 0.2) is 0 Å². The molecule has 0 saturated carbocycles. The SMILES string of the molecule is COc1ccccc1CCN[C@H](C(=O)Nc1cc(C)ccc1C)c1ccccc1. The zero-order valence-corrected chi connectivity index (χ0v) is 17.2. The third-order valence-corrected chi connectivity index (χ3v) is 4.98. The van der Waals surface area contributed by atoms with Crippen LogP contribution in [0, 0.1) is 13.8 Å². The molecule has 2 N–H and O–H groups in total. The van der Waals surface area contributed by atoms with Gasteiger partial charge in [0.2, 0.25) is 5.91 Å². The number of amides is 1. The zero-order chi connectivity index (χ0) is 20.6. The van der Waals surface area contributed by atoms with Gasteiger partial charge in [-0.2, -0.15) is 0 Å². The number of anilines is 1. The van der Waals surface area contributed by atoms with Crippen LogP contribution in [0.5, 0.6) is 5.75 Å². The standard InChI is InChI=1S/C25H28N2O2/c1-18-13-14-19(2)22(17-18)27-25(28)24(21-10-5-4-6-11-21)26-16-15-20-9-7-8-12-23(20)29-3/h4-14,17,24,26H,15-16H2,1-3H3,(H,27,28)/t24-/m0/s1. The fourth-order valence-corrected chi connectivity index (χ4v) is 3.34. The average Bonchev–Trinajstić information content (AvgIpc) is 2.74. The van der Waals surface area contributed by atoms with E-state index >= 15 is 0 Å². The average molecular weight is 389 g/mol. The highest BCUT2D eigenvalue weighted by atomic mass is 16.5. The smallest absolute Gasteiger partial charge is 0.246 e. The van der Waals surface area contributed by atoms with E-state index in [1.165, 1.54) is 0 Å². The van der Waals surface area contributed by atoms with E-state index in [1.807, 2.05) is 86.6 Å². The Labute approximate surface area is 172 Å². The quantitative estimate of drug-likeness (QED) is 0.581. The Balaban J connectivity index is 1.74. The van der Waals surface area contributed by atoms with Gasteiger partial charge in [-0.3, -0.25) is 4.79 Å². The maximum atomic E-state index is 13.1. The molecule has 150 valence electrons. The fourth-order valence-electron chi connectivity index (χ4n) is 3.34. The van der Waals surface area contributed by atoms with Gasteiger partial charge in [-0.25, -0.2) is 0 Å². The molecule has 3 rings (SSSR count). The third-order valence-electron chi connectivity index (χ3n) is 4.98. The maximum Gasteiger partial charge on any atom is 0.246 e. The van der Waals surface area contributed by atoms with Crippen LogP contribution >= 0.6 is 0 Å². The lowest BCUT2D eigenvalue weighted by Crippen LogP contribution is -2.34. The summed E-state index contributed by atoms with van der Waals surface area (Å²) in [6.45, 7) is 4.68. The molecule has 0 radical (unpaired) electrons. The summed E-state index contributed by atoms with van der Waals surface area (Å²) in [6, 6.07) is 23.4. The van der Waals surface area contributed by atoms with Gasteiger partial charge in [0.1, 0.15) is 11.8 Å². The van der Waals surface area contributed by atoms with Crippen molar-refractivity contribution in [2.75, 3.05) is 19.0 Å². The minimum absolute atomic E-state index is 0.0649. The Kier molecular flexibility index (Phi) is 7.04. The lowest BCUT2D eigenvalue weighted by molar-refractivity contribution is -0.118. The number of carbonyl (C=O) groups is 1. The predicted molar refractivity (Wildman–Crippen MR) is 118 cm³/mol. The Morgan fingerprint density at radius 1 is 0.966 bits per heavy atom. The molecule has 4 nitrogen and oxygen atoms in total. The van der Waals surface area contributed by atoms with Crippen molar-refractivity contribution in [3.8, 4) is 5.75 Å². The van der Waals surface area contributed by atoms with Crippen molar-refractivity contribution in [2.45, 2.75) is 26.3 Å². The first-order chi connectivity index (χ1) is 14.1. The second kappa shape index (κ2) is 9.89. The summed E-state index contributed by atoms with van der Waals surface area (Å²) in [5.74, 6) is 0.801. The van der Waals surface area contributed by atoms with Crippen LogP contribution in [-0.2, 0) is 11.2 Å². The Hall–Kier alpha value is -3.11. The number of hydrogen-bond donors (Lipinski definition) is 2. The molecule has 0 heterocycles. The second-order valence-corrected chi connectivity index (χ2v) is 7.17. The van der Waals surface area contributed by atoms with Crippen LogP contribution in [0.1, 0.15) is 28.3 Å². The number of carbonyl (C=O) groups excluding carboxylic acids is 1. The van der Waals surface area contributed by atoms with E-state index in [4.69, 9.17) is 4.74 Å². The molecule has 0 aliphatic rings. The summed E-state index contributed by atoms with van der Waals surface area (Å²) in [6.07, 6.45) is 0.768. The first-order valence-electron chi connectivity index (χ1n) is 9.87. The molecule has 0 aromatic heterocycles. The van der Waals surface area contributed by atoms with E-state index in [2.05, 4.69) is 10.6 Å². The molecule has 0 aliphatic carbocycles. The first-order valence-corrected chi connectivity index (χ1v) is 9.87. The van der Waals surface area contributed by atoms with Gasteiger partial charge >= 0.3 is 0 Å². The highest BCUT2D eigenvalue weighted by Gasteiger charge is 2.20. The topological polar surface area (TPSA) is 50.4 Å². The number of benzene rings is 3. The van der Waals surface area contributed by atoms with Gasteiger partial charge < -0.3 is 15.4 Å². The second-order valence-electron chi connectivity index (χ2n) is 7.17. The van der Waals surface area contributed by atoms with E-state index in [1.54, 1.807) is 7.11 Å².